The molecule has 3 heteroatoms. The molecule has 0 aliphatic carbocycles. The van der Waals surface area contributed by atoms with Gasteiger partial charge in [0.15, 0.2) is 0 Å². The molecule has 2 heterocycles. The van der Waals surface area contributed by atoms with Crippen molar-refractivity contribution < 1.29 is 0 Å². The molecular weight excluding hydrogens is 222 g/mol. The number of anilines is 1. The van der Waals surface area contributed by atoms with E-state index < -0.39 is 0 Å². The molecule has 0 spiro atoms. The Balaban J connectivity index is 1.85. The van der Waals surface area contributed by atoms with Gasteiger partial charge in [0, 0.05) is 31.4 Å². The SMILES string of the molecule is CN(C)C1CCN(c2cccc3c2CCNC3)C1. The maximum absolute atomic E-state index is 3.46. The highest BCUT2D eigenvalue weighted by molar-refractivity contribution is 5.58. The van der Waals surface area contributed by atoms with Crippen LogP contribution >= 0.6 is 0 Å². The van der Waals surface area contributed by atoms with Crippen molar-refractivity contribution in [2.45, 2.75) is 25.4 Å². The molecule has 2 aliphatic heterocycles. The van der Waals surface area contributed by atoms with Crippen LogP contribution in [0.15, 0.2) is 18.2 Å². The molecule has 0 amide bonds. The van der Waals surface area contributed by atoms with E-state index in [2.05, 4.69) is 47.4 Å². The molecule has 1 fully saturated rings. The van der Waals surface area contributed by atoms with E-state index in [0.29, 0.717) is 6.04 Å². The quantitative estimate of drug-likeness (QED) is 0.851. The van der Waals surface area contributed by atoms with Crippen LogP contribution in [0.1, 0.15) is 17.5 Å². The Morgan fingerprint density at radius 3 is 3.00 bits per heavy atom. The zero-order valence-electron chi connectivity index (χ0n) is 11.4. The molecule has 1 aromatic rings. The van der Waals surface area contributed by atoms with Crippen molar-refractivity contribution in [2.24, 2.45) is 0 Å². The van der Waals surface area contributed by atoms with Crippen LogP contribution in [0.5, 0.6) is 0 Å². The fraction of sp³-hybridized carbons (Fsp3) is 0.600. The molecule has 0 saturated carbocycles. The highest BCUT2D eigenvalue weighted by Gasteiger charge is 2.26. The Kier molecular flexibility index (Phi) is 3.27. The number of nitrogens with one attached hydrogen (secondary N) is 1. The van der Waals surface area contributed by atoms with Gasteiger partial charge in [-0.2, -0.15) is 0 Å². The average molecular weight is 245 g/mol. The maximum Gasteiger partial charge on any atom is 0.0403 e. The Morgan fingerprint density at radius 2 is 2.22 bits per heavy atom. The maximum atomic E-state index is 3.46. The van der Waals surface area contributed by atoms with Crippen LogP contribution < -0.4 is 10.2 Å². The monoisotopic (exact) mass is 245 g/mol. The van der Waals surface area contributed by atoms with Crippen LogP contribution in [0.2, 0.25) is 0 Å². The lowest BCUT2D eigenvalue weighted by Crippen LogP contribution is -2.32. The first-order valence-corrected chi connectivity index (χ1v) is 6.98. The summed E-state index contributed by atoms with van der Waals surface area (Å²) in [6.07, 6.45) is 2.46. The average Bonchev–Trinajstić information content (AvgIpc) is 2.87. The molecule has 1 aromatic carbocycles. The third-order valence-electron chi connectivity index (χ3n) is 4.35. The van der Waals surface area contributed by atoms with E-state index >= 15 is 0 Å². The molecule has 98 valence electrons. The first-order valence-electron chi connectivity index (χ1n) is 6.98. The molecule has 3 nitrogen and oxygen atoms in total. The van der Waals surface area contributed by atoms with E-state index in [-0.39, 0.29) is 0 Å². The van der Waals surface area contributed by atoms with Crippen molar-refractivity contribution in [1.29, 1.82) is 0 Å². The van der Waals surface area contributed by atoms with Crippen LogP contribution in [0.4, 0.5) is 5.69 Å². The van der Waals surface area contributed by atoms with Crippen molar-refractivity contribution in [2.75, 3.05) is 38.6 Å². The molecule has 1 N–H and O–H groups in total. The van der Waals surface area contributed by atoms with Gasteiger partial charge >= 0.3 is 0 Å². The van der Waals surface area contributed by atoms with E-state index in [0.717, 1.165) is 13.1 Å². The number of hydrogen-bond donors (Lipinski definition) is 1. The lowest BCUT2D eigenvalue weighted by molar-refractivity contribution is 0.315. The summed E-state index contributed by atoms with van der Waals surface area (Å²) in [7, 11) is 4.39. The van der Waals surface area contributed by atoms with Crippen molar-refractivity contribution in [3.8, 4) is 0 Å². The smallest absolute Gasteiger partial charge is 0.0403 e. The van der Waals surface area contributed by atoms with Crippen molar-refractivity contribution in [1.82, 2.24) is 10.2 Å². The number of rotatable bonds is 2. The minimum Gasteiger partial charge on any atom is -0.370 e. The summed E-state index contributed by atoms with van der Waals surface area (Å²) in [4.78, 5) is 4.94. The predicted molar refractivity (Wildman–Crippen MR) is 76.2 cm³/mol. The normalized spacial score (nSPS) is 23.5. The Bertz CT molecular complexity index is 428. The van der Waals surface area contributed by atoms with Gasteiger partial charge in [-0.05, 0) is 50.7 Å². The molecule has 0 bridgehead atoms. The van der Waals surface area contributed by atoms with Crippen molar-refractivity contribution in [3.63, 3.8) is 0 Å². The predicted octanol–water partition coefficient (Wildman–Crippen LogP) is 1.47. The van der Waals surface area contributed by atoms with E-state index in [1.165, 1.54) is 37.2 Å². The third kappa shape index (κ3) is 2.13. The van der Waals surface area contributed by atoms with Gasteiger partial charge in [-0.3, -0.25) is 0 Å². The van der Waals surface area contributed by atoms with Crippen LogP contribution in [0, 0.1) is 0 Å². The zero-order chi connectivity index (χ0) is 12.5. The second-order valence-corrected chi connectivity index (χ2v) is 5.69. The summed E-state index contributed by atoms with van der Waals surface area (Å²) < 4.78 is 0. The minimum absolute atomic E-state index is 0.711. The Labute approximate surface area is 110 Å². The van der Waals surface area contributed by atoms with Gasteiger partial charge in [0.2, 0.25) is 0 Å². The van der Waals surface area contributed by atoms with Gasteiger partial charge in [0.25, 0.3) is 0 Å². The molecule has 1 unspecified atom stereocenters. The molecule has 18 heavy (non-hydrogen) atoms. The molecule has 2 aliphatic rings. The summed E-state index contributed by atoms with van der Waals surface area (Å²) >= 11 is 0. The van der Waals surface area contributed by atoms with Gasteiger partial charge in [-0.1, -0.05) is 12.1 Å². The lowest BCUT2D eigenvalue weighted by Gasteiger charge is -2.27. The molecule has 1 atom stereocenters. The van der Waals surface area contributed by atoms with Gasteiger partial charge in [-0.15, -0.1) is 0 Å². The van der Waals surface area contributed by atoms with E-state index in [9.17, 15) is 0 Å². The lowest BCUT2D eigenvalue weighted by atomic mass is 9.98. The Morgan fingerprint density at radius 1 is 1.33 bits per heavy atom. The third-order valence-corrected chi connectivity index (χ3v) is 4.35. The second kappa shape index (κ2) is 4.90. The molecular formula is C15H23N3. The summed E-state index contributed by atoms with van der Waals surface area (Å²) in [5.41, 5.74) is 4.56. The highest BCUT2D eigenvalue weighted by atomic mass is 15.2. The topological polar surface area (TPSA) is 18.5 Å². The first kappa shape index (κ1) is 12.0. The number of likely N-dealkylation sites (N-methyl/N-ethyl adjacent to an activating group) is 1. The summed E-state index contributed by atoms with van der Waals surface area (Å²) in [6, 6.07) is 7.50. The zero-order valence-corrected chi connectivity index (χ0v) is 11.4. The fourth-order valence-electron chi connectivity index (χ4n) is 3.19. The molecule has 0 radical (unpaired) electrons. The van der Waals surface area contributed by atoms with Crippen LogP contribution in [-0.2, 0) is 13.0 Å². The number of nitrogens with zero attached hydrogens (tertiary/aromatic N) is 2. The van der Waals surface area contributed by atoms with E-state index in [1.807, 2.05) is 0 Å². The molecule has 3 rings (SSSR count). The highest BCUT2D eigenvalue weighted by Crippen LogP contribution is 2.29. The Hall–Kier alpha value is -1.06. The van der Waals surface area contributed by atoms with Crippen LogP contribution in [0.3, 0.4) is 0 Å². The van der Waals surface area contributed by atoms with Gasteiger partial charge in [-0.25, -0.2) is 0 Å². The van der Waals surface area contributed by atoms with Gasteiger partial charge in [0.1, 0.15) is 0 Å². The fourth-order valence-corrected chi connectivity index (χ4v) is 3.19. The van der Waals surface area contributed by atoms with E-state index in [4.69, 9.17) is 0 Å². The molecule has 0 aromatic heterocycles. The molecule has 1 saturated heterocycles. The van der Waals surface area contributed by atoms with E-state index in [1.54, 1.807) is 5.56 Å². The largest absolute Gasteiger partial charge is 0.370 e. The number of fused-ring (bicyclic) bond motifs is 1. The summed E-state index contributed by atoms with van der Waals surface area (Å²) in [5.74, 6) is 0. The number of hydrogen-bond acceptors (Lipinski definition) is 3. The van der Waals surface area contributed by atoms with Crippen LogP contribution in [-0.4, -0.2) is 44.7 Å². The standard InChI is InChI=1S/C15H23N3/c1-17(2)13-7-9-18(11-13)15-5-3-4-12-10-16-8-6-14(12)15/h3-5,13,16H,6-11H2,1-2H3. The van der Waals surface area contributed by atoms with Crippen LogP contribution in [0.25, 0.3) is 0 Å². The van der Waals surface area contributed by atoms with Crippen molar-refractivity contribution in [3.05, 3.63) is 29.3 Å². The minimum atomic E-state index is 0.711. The van der Waals surface area contributed by atoms with Gasteiger partial charge in [0.05, 0.1) is 0 Å². The summed E-state index contributed by atoms with van der Waals surface area (Å²) in [6.45, 7) is 4.53. The number of benzene rings is 1. The van der Waals surface area contributed by atoms with Gasteiger partial charge < -0.3 is 15.1 Å². The van der Waals surface area contributed by atoms with Crippen molar-refractivity contribution >= 4 is 5.69 Å². The first-order chi connectivity index (χ1) is 8.75. The second-order valence-electron chi connectivity index (χ2n) is 5.69. The summed E-state index contributed by atoms with van der Waals surface area (Å²) in [5, 5.41) is 3.46.